The molecule has 0 radical (unpaired) electrons. The fourth-order valence-electron chi connectivity index (χ4n) is 4.82. The maximum atomic E-state index is 5.60. The normalized spacial score (nSPS) is 18.2. The smallest absolute Gasteiger partial charge is 0.189 e. The molecule has 36 heavy (non-hydrogen) atoms. The molecule has 0 saturated carbocycles. The zero-order valence-electron chi connectivity index (χ0n) is 20.9. The van der Waals surface area contributed by atoms with Gasteiger partial charge in [-0.25, -0.2) is 0 Å². The largest absolute Gasteiger partial charge is 0.348 e. The Morgan fingerprint density at radius 1 is 0.722 bits per heavy atom. The molecule has 4 heterocycles. The summed E-state index contributed by atoms with van der Waals surface area (Å²) in [6.45, 7) is 7.75. The van der Waals surface area contributed by atoms with E-state index in [0.717, 1.165) is 86.5 Å². The molecule has 8 nitrogen and oxygen atoms in total. The molecule has 0 amide bonds. The van der Waals surface area contributed by atoms with Crippen molar-refractivity contribution in [1.29, 1.82) is 0 Å². The van der Waals surface area contributed by atoms with E-state index in [0.29, 0.717) is 10.2 Å². The van der Waals surface area contributed by atoms with Crippen molar-refractivity contribution in [2.75, 3.05) is 26.2 Å². The second kappa shape index (κ2) is 12.8. The lowest BCUT2D eigenvalue weighted by atomic mass is 9.79. The Bertz CT molecular complexity index is 986. The minimum atomic E-state index is 0.691. The van der Waals surface area contributed by atoms with Crippen molar-refractivity contribution in [3.8, 4) is 0 Å². The third kappa shape index (κ3) is 7.04. The molecular formula is C26H34N8S2. The number of piperidine rings is 2. The second-order valence-corrected chi connectivity index (χ2v) is 10.1. The molecular weight excluding hydrogens is 488 g/mol. The molecule has 0 unspecified atom stereocenters. The number of thiocarbonyl (C=S) groups is 2. The highest BCUT2D eigenvalue weighted by Crippen LogP contribution is 2.32. The average molecular weight is 523 g/mol. The lowest BCUT2D eigenvalue weighted by molar-refractivity contribution is 0.144. The second-order valence-electron chi connectivity index (χ2n) is 9.31. The number of aromatic nitrogens is 2. The Balaban J connectivity index is 1.18. The van der Waals surface area contributed by atoms with Gasteiger partial charge in [0.15, 0.2) is 10.2 Å². The van der Waals surface area contributed by atoms with Gasteiger partial charge >= 0.3 is 0 Å². The van der Waals surface area contributed by atoms with E-state index in [1.807, 2.05) is 50.2 Å². The summed E-state index contributed by atoms with van der Waals surface area (Å²) in [6, 6.07) is 11.6. The first-order valence-corrected chi connectivity index (χ1v) is 13.3. The Morgan fingerprint density at radius 2 is 1.11 bits per heavy atom. The summed E-state index contributed by atoms with van der Waals surface area (Å²) in [5.41, 5.74) is 9.46. The van der Waals surface area contributed by atoms with Crippen LogP contribution in [0.15, 0.2) is 59.0 Å². The summed E-state index contributed by atoms with van der Waals surface area (Å²) in [7, 11) is 0. The minimum Gasteiger partial charge on any atom is -0.348 e. The number of rotatable bonds is 5. The lowest BCUT2D eigenvalue weighted by Gasteiger charge is -2.41. The van der Waals surface area contributed by atoms with Crippen LogP contribution in [-0.2, 0) is 0 Å². The highest BCUT2D eigenvalue weighted by atomic mass is 32.1. The molecule has 0 atom stereocenters. The number of hydrogen-bond donors (Lipinski definition) is 2. The first kappa shape index (κ1) is 26.1. The first-order chi connectivity index (χ1) is 17.5. The van der Waals surface area contributed by atoms with Crippen LogP contribution < -0.4 is 10.9 Å². The molecule has 2 fully saturated rings. The molecule has 0 aromatic carbocycles. The van der Waals surface area contributed by atoms with E-state index in [-0.39, 0.29) is 0 Å². The minimum absolute atomic E-state index is 0.691. The van der Waals surface area contributed by atoms with E-state index in [9.17, 15) is 0 Å². The highest BCUT2D eigenvalue weighted by Gasteiger charge is 2.30. The van der Waals surface area contributed by atoms with Crippen molar-refractivity contribution in [3.05, 3.63) is 60.2 Å². The summed E-state index contributed by atoms with van der Waals surface area (Å²) in [5, 5.41) is 10.2. The Labute approximate surface area is 224 Å². The van der Waals surface area contributed by atoms with Crippen LogP contribution in [0.5, 0.6) is 0 Å². The summed E-state index contributed by atoms with van der Waals surface area (Å²) in [5.74, 6) is 1.46. The first-order valence-electron chi connectivity index (χ1n) is 12.5. The van der Waals surface area contributed by atoms with E-state index >= 15 is 0 Å². The highest BCUT2D eigenvalue weighted by molar-refractivity contribution is 7.80. The van der Waals surface area contributed by atoms with Crippen LogP contribution in [0.4, 0.5) is 0 Å². The van der Waals surface area contributed by atoms with Gasteiger partial charge < -0.3 is 9.80 Å². The van der Waals surface area contributed by atoms with E-state index in [2.05, 4.69) is 40.8 Å². The monoisotopic (exact) mass is 522 g/mol. The van der Waals surface area contributed by atoms with Gasteiger partial charge in [-0.2, -0.15) is 10.2 Å². The van der Waals surface area contributed by atoms with Gasteiger partial charge in [-0.3, -0.25) is 20.8 Å². The maximum absolute atomic E-state index is 5.60. The average Bonchev–Trinajstić information content (AvgIpc) is 2.95. The van der Waals surface area contributed by atoms with E-state index in [1.165, 1.54) is 0 Å². The van der Waals surface area contributed by atoms with E-state index < -0.39 is 0 Å². The third-order valence-electron chi connectivity index (χ3n) is 7.03. The van der Waals surface area contributed by atoms with Gasteiger partial charge in [-0.1, -0.05) is 12.1 Å². The zero-order chi connectivity index (χ0) is 25.3. The van der Waals surface area contributed by atoms with Crippen LogP contribution in [0.2, 0.25) is 0 Å². The van der Waals surface area contributed by atoms with Crippen LogP contribution in [0.3, 0.4) is 0 Å². The summed E-state index contributed by atoms with van der Waals surface area (Å²) >= 11 is 11.2. The number of hydrazone groups is 2. The summed E-state index contributed by atoms with van der Waals surface area (Å²) in [4.78, 5) is 13.1. The number of likely N-dealkylation sites (tertiary alicyclic amines) is 2. The van der Waals surface area contributed by atoms with Crippen LogP contribution in [-0.4, -0.2) is 67.6 Å². The third-order valence-corrected chi connectivity index (χ3v) is 7.73. The van der Waals surface area contributed by atoms with Crippen LogP contribution in [0.1, 0.15) is 50.9 Å². The molecule has 2 aromatic rings. The molecule has 2 saturated heterocycles. The number of nitrogens with zero attached hydrogens (tertiary/aromatic N) is 6. The SMILES string of the molecule is C/C(=N\NC(=S)N1CCC(C2CCN(C(=S)N/N=C(\C)c3ccccn3)CC2)CC1)c1ccccn1. The molecule has 190 valence electrons. The van der Waals surface area contributed by atoms with Crippen molar-refractivity contribution >= 4 is 46.1 Å². The number of hydrogen-bond acceptors (Lipinski definition) is 6. The van der Waals surface area contributed by atoms with Crippen molar-refractivity contribution in [1.82, 2.24) is 30.6 Å². The van der Waals surface area contributed by atoms with Crippen molar-refractivity contribution in [2.45, 2.75) is 39.5 Å². The fraction of sp³-hybridized carbons (Fsp3) is 0.462. The van der Waals surface area contributed by atoms with Crippen LogP contribution in [0, 0.1) is 11.8 Å². The van der Waals surface area contributed by atoms with Gasteiger partial charge in [-0.15, -0.1) is 0 Å². The molecule has 2 aliphatic rings. The quantitative estimate of drug-likeness (QED) is 0.349. The molecule has 10 heteroatoms. The molecule has 2 aliphatic heterocycles. The van der Waals surface area contributed by atoms with Gasteiger partial charge in [-0.05, 0) is 100 Å². The predicted octanol–water partition coefficient (Wildman–Crippen LogP) is 3.80. The van der Waals surface area contributed by atoms with Gasteiger partial charge in [0.25, 0.3) is 0 Å². The zero-order valence-corrected chi connectivity index (χ0v) is 22.6. The van der Waals surface area contributed by atoms with Crippen LogP contribution >= 0.6 is 24.4 Å². The number of nitrogens with one attached hydrogen (secondary N) is 2. The van der Waals surface area contributed by atoms with E-state index in [4.69, 9.17) is 24.4 Å². The van der Waals surface area contributed by atoms with Gasteiger partial charge in [0.1, 0.15) is 0 Å². The molecule has 0 aliphatic carbocycles. The van der Waals surface area contributed by atoms with Gasteiger partial charge in [0.05, 0.1) is 22.8 Å². The van der Waals surface area contributed by atoms with Gasteiger partial charge in [0.2, 0.25) is 0 Å². The maximum Gasteiger partial charge on any atom is 0.189 e. The predicted molar refractivity (Wildman–Crippen MR) is 153 cm³/mol. The Hall–Kier alpha value is -2.98. The molecule has 0 bridgehead atoms. The molecule has 2 aromatic heterocycles. The summed E-state index contributed by atoms with van der Waals surface area (Å²) in [6.07, 6.45) is 8.17. The Morgan fingerprint density at radius 3 is 1.44 bits per heavy atom. The topological polar surface area (TPSA) is 81.0 Å². The molecule has 4 rings (SSSR count). The Kier molecular flexibility index (Phi) is 9.29. The standard InChI is InChI=1S/C26H34N8S2/c1-19(23-7-3-5-13-27-23)29-31-25(35)33-15-9-21(10-16-33)22-11-17-34(18-12-22)26(36)32-30-20(2)24-8-4-6-14-28-24/h3-8,13-14,21-22H,9-12,15-18H2,1-2H3,(H,31,35)(H,32,36)/b29-19+,30-20+. The van der Waals surface area contributed by atoms with Crippen molar-refractivity contribution < 1.29 is 0 Å². The van der Waals surface area contributed by atoms with Crippen LogP contribution in [0.25, 0.3) is 0 Å². The molecule has 0 spiro atoms. The van der Waals surface area contributed by atoms with Gasteiger partial charge in [0, 0.05) is 38.6 Å². The fourth-order valence-corrected chi connectivity index (χ4v) is 5.28. The van der Waals surface area contributed by atoms with Crippen molar-refractivity contribution in [3.63, 3.8) is 0 Å². The van der Waals surface area contributed by atoms with Crippen molar-refractivity contribution in [2.24, 2.45) is 22.0 Å². The van der Waals surface area contributed by atoms with E-state index in [1.54, 1.807) is 12.4 Å². The number of pyridine rings is 2. The summed E-state index contributed by atoms with van der Waals surface area (Å²) < 4.78 is 0. The lowest BCUT2D eigenvalue weighted by Crippen LogP contribution is -2.47. The molecule has 2 N–H and O–H groups in total.